The van der Waals surface area contributed by atoms with Crippen molar-refractivity contribution in [3.05, 3.63) is 88.6 Å². The maximum absolute atomic E-state index is 12.6. The predicted molar refractivity (Wildman–Crippen MR) is 122 cm³/mol. The van der Waals surface area contributed by atoms with E-state index in [1.54, 1.807) is 9.70 Å². The summed E-state index contributed by atoms with van der Waals surface area (Å²) in [6.07, 6.45) is 0. The highest BCUT2D eigenvalue weighted by Gasteiger charge is 2.53. The Kier molecular flexibility index (Phi) is 5.69. The van der Waals surface area contributed by atoms with E-state index in [4.69, 9.17) is 15.6 Å². The van der Waals surface area contributed by atoms with Gasteiger partial charge in [0.15, 0.2) is 0 Å². The molecule has 0 bridgehead atoms. The first kappa shape index (κ1) is 21.4. The molecule has 3 atom stereocenters. The van der Waals surface area contributed by atoms with Crippen molar-refractivity contribution in [2.75, 3.05) is 6.61 Å². The van der Waals surface area contributed by atoms with E-state index in [1.165, 1.54) is 18.7 Å². The molecular weight excluding hydrogens is 440 g/mol. The first-order chi connectivity index (χ1) is 16.0. The lowest BCUT2D eigenvalue weighted by Gasteiger charge is -2.50. The van der Waals surface area contributed by atoms with Gasteiger partial charge in [0, 0.05) is 12.5 Å². The topological polar surface area (TPSA) is 116 Å². The molecular formula is C23H22N6O3S. The molecule has 0 saturated carbocycles. The zero-order valence-electron chi connectivity index (χ0n) is 17.8. The minimum absolute atomic E-state index is 0.0358. The number of aromatic nitrogens is 4. The SMILES string of the molecule is CC(=O)OCC1=CS[C@@H]2[C@H](N)C(=O)N2[C@H]1c1nnn(C(c2ccccc2)c2ccccc2)n1. The number of thioether (sulfide) groups is 1. The first-order valence-electron chi connectivity index (χ1n) is 10.5. The number of fused-ring (bicyclic) bond motifs is 1. The van der Waals surface area contributed by atoms with E-state index in [9.17, 15) is 9.59 Å². The highest BCUT2D eigenvalue weighted by atomic mass is 32.2. The smallest absolute Gasteiger partial charge is 0.302 e. The fraction of sp³-hybridized carbons (Fsp3) is 0.261. The van der Waals surface area contributed by atoms with Crippen LogP contribution in [0.1, 0.15) is 36.0 Å². The van der Waals surface area contributed by atoms with Gasteiger partial charge in [-0.1, -0.05) is 60.7 Å². The van der Waals surface area contributed by atoms with Crippen molar-refractivity contribution < 1.29 is 14.3 Å². The third-order valence-corrected chi connectivity index (χ3v) is 6.94. The molecule has 1 fully saturated rings. The number of ether oxygens (including phenoxy) is 1. The van der Waals surface area contributed by atoms with Gasteiger partial charge in [0.1, 0.15) is 30.1 Å². The number of hydrogen-bond donors (Lipinski definition) is 1. The number of tetrazole rings is 1. The zero-order chi connectivity index (χ0) is 22.9. The van der Waals surface area contributed by atoms with Gasteiger partial charge >= 0.3 is 5.97 Å². The summed E-state index contributed by atoms with van der Waals surface area (Å²) in [7, 11) is 0. The van der Waals surface area contributed by atoms with Crippen LogP contribution in [0.5, 0.6) is 0 Å². The summed E-state index contributed by atoms with van der Waals surface area (Å²) in [5.41, 5.74) is 8.72. The Morgan fingerprint density at radius 3 is 2.36 bits per heavy atom. The van der Waals surface area contributed by atoms with Gasteiger partial charge in [0.2, 0.25) is 11.7 Å². The summed E-state index contributed by atoms with van der Waals surface area (Å²) < 4.78 is 5.22. The molecule has 3 heterocycles. The number of carbonyl (C=O) groups is 2. The predicted octanol–water partition coefficient (Wildman–Crippen LogP) is 2.04. The van der Waals surface area contributed by atoms with Crippen LogP contribution in [-0.4, -0.2) is 55.0 Å². The fourth-order valence-electron chi connectivity index (χ4n) is 4.11. The molecule has 0 unspecified atom stereocenters. The van der Waals surface area contributed by atoms with Crippen LogP contribution in [0.15, 0.2) is 71.6 Å². The molecule has 10 heteroatoms. The van der Waals surface area contributed by atoms with Crippen LogP contribution >= 0.6 is 11.8 Å². The summed E-state index contributed by atoms with van der Waals surface area (Å²) in [6.45, 7) is 1.38. The quantitative estimate of drug-likeness (QED) is 0.437. The Labute approximate surface area is 194 Å². The molecule has 5 rings (SSSR count). The van der Waals surface area contributed by atoms with Crippen LogP contribution < -0.4 is 5.73 Å². The fourth-order valence-corrected chi connectivity index (χ4v) is 5.26. The summed E-state index contributed by atoms with van der Waals surface area (Å²) in [6, 6.07) is 18.3. The third-order valence-electron chi connectivity index (χ3n) is 5.70. The van der Waals surface area contributed by atoms with E-state index < -0.39 is 18.1 Å². The lowest BCUT2D eigenvalue weighted by molar-refractivity contribution is -0.147. The number of esters is 1. The van der Waals surface area contributed by atoms with Crippen LogP contribution in [0.25, 0.3) is 0 Å². The summed E-state index contributed by atoms with van der Waals surface area (Å²) in [5, 5.41) is 15.1. The summed E-state index contributed by atoms with van der Waals surface area (Å²) >= 11 is 1.43. The Balaban J connectivity index is 1.53. The van der Waals surface area contributed by atoms with Gasteiger partial charge in [-0.3, -0.25) is 9.59 Å². The largest absolute Gasteiger partial charge is 0.461 e. The van der Waals surface area contributed by atoms with Gasteiger partial charge in [0.05, 0.1) is 0 Å². The van der Waals surface area contributed by atoms with Gasteiger partial charge in [-0.15, -0.1) is 22.0 Å². The molecule has 168 valence electrons. The van der Waals surface area contributed by atoms with E-state index in [2.05, 4.69) is 10.3 Å². The lowest BCUT2D eigenvalue weighted by atomic mass is 9.98. The Hall–Kier alpha value is -3.50. The number of hydrogen-bond acceptors (Lipinski definition) is 8. The maximum Gasteiger partial charge on any atom is 0.302 e. The van der Waals surface area contributed by atoms with Gasteiger partial charge in [-0.25, -0.2) is 0 Å². The summed E-state index contributed by atoms with van der Waals surface area (Å²) in [4.78, 5) is 27.2. The number of carbonyl (C=O) groups excluding carboxylic acids is 2. The molecule has 2 aromatic carbocycles. The number of nitrogens with zero attached hydrogens (tertiary/aromatic N) is 5. The monoisotopic (exact) mass is 462 g/mol. The van der Waals surface area contributed by atoms with E-state index in [0.29, 0.717) is 11.4 Å². The first-order valence-corrected chi connectivity index (χ1v) is 11.4. The normalized spacial score (nSPS) is 21.9. The molecule has 3 aromatic rings. The van der Waals surface area contributed by atoms with Crippen LogP contribution in [0.2, 0.25) is 0 Å². The van der Waals surface area contributed by atoms with Crippen LogP contribution in [-0.2, 0) is 14.3 Å². The van der Waals surface area contributed by atoms with Crippen molar-refractivity contribution >= 4 is 23.6 Å². The van der Waals surface area contributed by atoms with Gasteiger partial charge in [-0.05, 0) is 21.7 Å². The zero-order valence-corrected chi connectivity index (χ0v) is 18.6. The van der Waals surface area contributed by atoms with Gasteiger partial charge in [0.25, 0.3) is 0 Å². The van der Waals surface area contributed by atoms with E-state index in [-0.39, 0.29) is 23.9 Å². The molecule has 9 nitrogen and oxygen atoms in total. The maximum atomic E-state index is 12.6. The van der Waals surface area contributed by atoms with E-state index in [1.807, 2.05) is 66.1 Å². The van der Waals surface area contributed by atoms with Crippen LogP contribution in [0.3, 0.4) is 0 Å². The molecule has 0 radical (unpaired) electrons. The molecule has 2 aliphatic heterocycles. The second-order valence-corrected chi connectivity index (χ2v) is 8.86. The second kappa shape index (κ2) is 8.80. The molecule has 2 aliphatic rings. The average molecular weight is 463 g/mol. The number of rotatable bonds is 6. The summed E-state index contributed by atoms with van der Waals surface area (Å²) in [5.74, 6) is -0.237. The highest BCUT2D eigenvalue weighted by molar-refractivity contribution is 8.02. The van der Waals surface area contributed by atoms with Crippen molar-refractivity contribution in [1.29, 1.82) is 0 Å². The molecule has 0 spiro atoms. The second-order valence-electron chi connectivity index (χ2n) is 7.87. The Morgan fingerprint density at radius 1 is 1.12 bits per heavy atom. The van der Waals surface area contributed by atoms with Crippen molar-refractivity contribution in [3.63, 3.8) is 0 Å². The Morgan fingerprint density at radius 2 is 1.76 bits per heavy atom. The highest BCUT2D eigenvalue weighted by Crippen LogP contribution is 2.45. The molecule has 33 heavy (non-hydrogen) atoms. The lowest BCUT2D eigenvalue weighted by Crippen LogP contribution is -2.68. The van der Waals surface area contributed by atoms with Gasteiger partial charge in [-0.2, -0.15) is 4.80 Å². The minimum atomic E-state index is -0.594. The average Bonchev–Trinajstić information content (AvgIpc) is 3.32. The number of benzene rings is 2. The molecule has 1 aromatic heterocycles. The van der Waals surface area contributed by atoms with Crippen molar-refractivity contribution in [3.8, 4) is 0 Å². The van der Waals surface area contributed by atoms with Crippen molar-refractivity contribution in [1.82, 2.24) is 25.1 Å². The number of β-lactam (4-membered cyclic amide) rings is 1. The third kappa shape index (κ3) is 3.91. The van der Waals surface area contributed by atoms with Crippen LogP contribution in [0.4, 0.5) is 0 Å². The number of nitrogens with two attached hydrogens (primary N) is 1. The number of amides is 1. The molecule has 2 N–H and O–H groups in total. The molecule has 0 aliphatic carbocycles. The molecule has 1 saturated heterocycles. The van der Waals surface area contributed by atoms with Crippen LogP contribution in [0, 0.1) is 0 Å². The minimum Gasteiger partial charge on any atom is -0.461 e. The Bertz CT molecular complexity index is 1160. The van der Waals surface area contributed by atoms with E-state index in [0.717, 1.165) is 11.1 Å². The van der Waals surface area contributed by atoms with Gasteiger partial charge < -0.3 is 15.4 Å². The van der Waals surface area contributed by atoms with E-state index >= 15 is 0 Å². The van der Waals surface area contributed by atoms with Crippen molar-refractivity contribution in [2.24, 2.45) is 5.73 Å². The molecule has 1 amide bonds. The van der Waals surface area contributed by atoms with Crippen molar-refractivity contribution in [2.45, 2.75) is 30.4 Å². The standard InChI is InChI=1S/C23H22N6O3S/c1-14(30)32-12-17-13-33-23-18(24)22(31)28(23)20(17)21-25-27-29(26-21)19(15-8-4-2-5-9-15)16-10-6-3-7-11-16/h2-11,13,18-20,23H,12,24H2,1H3/t18-,20-,23-/m1/s1.